The highest BCUT2D eigenvalue weighted by Gasteiger charge is 2.11. The topological polar surface area (TPSA) is 16.1 Å². The predicted molar refractivity (Wildman–Crippen MR) is 51.4 cm³/mol. The maximum atomic E-state index is 5.83. The first kappa shape index (κ1) is 9.49. The van der Waals surface area contributed by atoms with Crippen molar-refractivity contribution in [2.45, 2.75) is 6.04 Å². The van der Waals surface area contributed by atoms with Gasteiger partial charge in [0.05, 0.1) is 0 Å². The number of pyridine rings is 1. The van der Waals surface area contributed by atoms with Gasteiger partial charge in [0.15, 0.2) is 0 Å². The van der Waals surface area contributed by atoms with Gasteiger partial charge in [0.1, 0.15) is 0 Å². The van der Waals surface area contributed by atoms with Crippen molar-refractivity contribution in [3.05, 3.63) is 30.1 Å². The van der Waals surface area contributed by atoms with Crippen molar-refractivity contribution in [3.8, 4) is 0 Å². The van der Waals surface area contributed by atoms with Crippen molar-refractivity contribution in [1.29, 1.82) is 0 Å². The third-order valence-electron chi connectivity index (χ3n) is 1.86. The quantitative estimate of drug-likeness (QED) is 0.668. The molecule has 0 saturated carbocycles. The molecule has 1 aromatic heterocycles. The van der Waals surface area contributed by atoms with Gasteiger partial charge in [-0.25, -0.2) is 0 Å². The van der Waals surface area contributed by atoms with Gasteiger partial charge in [-0.15, -0.1) is 11.6 Å². The van der Waals surface area contributed by atoms with Gasteiger partial charge in [0.2, 0.25) is 0 Å². The van der Waals surface area contributed by atoms with E-state index in [1.807, 2.05) is 26.2 Å². The highest BCUT2D eigenvalue weighted by atomic mass is 35.5. The Balaban J connectivity index is 2.80. The van der Waals surface area contributed by atoms with Gasteiger partial charge >= 0.3 is 0 Å². The van der Waals surface area contributed by atoms with E-state index in [4.69, 9.17) is 11.6 Å². The first-order chi connectivity index (χ1) is 5.75. The van der Waals surface area contributed by atoms with Crippen LogP contribution >= 0.6 is 11.6 Å². The predicted octanol–water partition coefficient (Wildman–Crippen LogP) is 1.92. The molecular weight excluding hydrogens is 172 g/mol. The number of aromatic nitrogens is 1. The Labute approximate surface area is 78.2 Å². The van der Waals surface area contributed by atoms with Crippen LogP contribution in [0.3, 0.4) is 0 Å². The summed E-state index contributed by atoms with van der Waals surface area (Å²) in [4.78, 5) is 6.06. The first-order valence-electron chi connectivity index (χ1n) is 3.88. The molecule has 12 heavy (non-hydrogen) atoms. The van der Waals surface area contributed by atoms with Gasteiger partial charge in [-0.3, -0.25) is 4.98 Å². The molecule has 0 aliphatic rings. The molecular formula is C9H13ClN2. The Bertz CT molecular complexity index is 223. The molecule has 0 aromatic carbocycles. The summed E-state index contributed by atoms with van der Waals surface area (Å²) in [6.07, 6.45) is 3.58. The standard InChI is InChI=1S/C9H13ClN2/c1-12(2)9(7-10)8-3-5-11-6-4-8/h3-6,9H,7H2,1-2H3. The summed E-state index contributed by atoms with van der Waals surface area (Å²) in [6, 6.07) is 4.27. The van der Waals surface area contributed by atoms with Crippen LogP contribution < -0.4 is 0 Å². The van der Waals surface area contributed by atoms with Crippen molar-refractivity contribution in [3.63, 3.8) is 0 Å². The maximum absolute atomic E-state index is 5.83. The number of nitrogens with zero attached hydrogens (tertiary/aromatic N) is 2. The summed E-state index contributed by atoms with van der Waals surface area (Å²) in [5.41, 5.74) is 1.21. The summed E-state index contributed by atoms with van der Waals surface area (Å²) in [5.74, 6) is 0.608. The number of hydrogen-bond acceptors (Lipinski definition) is 2. The van der Waals surface area contributed by atoms with Gasteiger partial charge < -0.3 is 4.90 Å². The molecule has 1 aromatic rings. The summed E-state index contributed by atoms with van der Waals surface area (Å²) in [7, 11) is 4.04. The zero-order valence-corrected chi connectivity index (χ0v) is 8.12. The fourth-order valence-corrected chi connectivity index (χ4v) is 1.57. The van der Waals surface area contributed by atoms with Crippen LogP contribution in [-0.4, -0.2) is 29.9 Å². The molecule has 0 fully saturated rings. The molecule has 0 aliphatic carbocycles. The second-order valence-electron chi connectivity index (χ2n) is 2.91. The molecule has 1 unspecified atom stereocenters. The molecule has 66 valence electrons. The second kappa shape index (κ2) is 4.43. The average Bonchev–Trinajstić information content (AvgIpc) is 2.07. The zero-order valence-electron chi connectivity index (χ0n) is 7.37. The van der Waals surface area contributed by atoms with Crippen LogP contribution in [0.5, 0.6) is 0 Å². The third kappa shape index (κ3) is 2.19. The number of hydrogen-bond donors (Lipinski definition) is 0. The van der Waals surface area contributed by atoms with E-state index in [1.165, 1.54) is 5.56 Å². The first-order valence-corrected chi connectivity index (χ1v) is 4.41. The molecule has 0 N–H and O–H groups in total. The maximum Gasteiger partial charge on any atom is 0.0478 e. The van der Waals surface area contributed by atoms with Crippen LogP contribution in [0.4, 0.5) is 0 Å². The Morgan fingerprint density at radius 2 is 2.00 bits per heavy atom. The van der Waals surface area contributed by atoms with E-state index in [1.54, 1.807) is 12.4 Å². The van der Waals surface area contributed by atoms with Crippen LogP contribution in [0.2, 0.25) is 0 Å². The van der Waals surface area contributed by atoms with Gasteiger partial charge in [0, 0.05) is 24.3 Å². The van der Waals surface area contributed by atoms with Crippen LogP contribution in [-0.2, 0) is 0 Å². The lowest BCUT2D eigenvalue weighted by molar-refractivity contribution is 0.324. The van der Waals surface area contributed by atoms with Crippen LogP contribution in [0.15, 0.2) is 24.5 Å². The fraction of sp³-hybridized carbons (Fsp3) is 0.444. The Kier molecular flexibility index (Phi) is 3.50. The summed E-state index contributed by atoms with van der Waals surface area (Å²) >= 11 is 5.83. The molecule has 1 atom stereocenters. The molecule has 0 saturated heterocycles. The molecule has 2 nitrogen and oxygen atoms in total. The van der Waals surface area contributed by atoms with Crippen LogP contribution in [0.1, 0.15) is 11.6 Å². The van der Waals surface area contributed by atoms with Gasteiger partial charge in [0.25, 0.3) is 0 Å². The Morgan fingerprint density at radius 1 is 1.42 bits per heavy atom. The van der Waals surface area contributed by atoms with Gasteiger partial charge in [-0.05, 0) is 31.8 Å². The van der Waals surface area contributed by atoms with Gasteiger partial charge in [-0.2, -0.15) is 0 Å². The van der Waals surface area contributed by atoms with Crippen molar-refractivity contribution in [1.82, 2.24) is 9.88 Å². The Hall–Kier alpha value is -0.600. The number of halogens is 1. The third-order valence-corrected chi connectivity index (χ3v) is 2.15. The van der Waals surface area contributed by atoms with E-state index in [9.17, 15) is 0 Å². The van der Waals surface area contributed by atoms with E-state index in [2.05, 4.69) is 9.88 Å². The lowest BCUT2D eigenvalue weighted by Crippen LogP contribution is -2.21. The summed E-state index contributed by atoms with van der Waals surface area (Å²) in [5, 5.41) is 0. The minimum atomic E-state index is 0.287. The SMILES string of the molecule is CN(C)C(CCl)c1ccncc1. The average molecular weight is 185 g/mol. The molecule has 0 spiro atoms. The second-order valence-corrected chi connectivity index (χ2v) is 3.22. The van der Waals surface area contributed by atoms with E-state index in [0.717, 1.165) is 0 Å². The minimum Gasteiger partial charge on any atom is -0.301 e. The highest BCUT2D eigenvalue weighted by molar-refractivity contribution is 6.18. The van der Waals surface area contributed by atoms with Crippen molar-refractivity contribution in [2.24, 2.45) is 0 Å². The van der Waals surface area contributed by atoms with Crippen molar-refractivity contribution < 1.29 is 0 Å². The molecule has 1 rings (SSSR count). The zero-order chi connectivity index (χ0) is 8.97. The Morgan fingerprint density at radius 3 is 2.42 bits per heavy atom. The van der Waals surface area contributed by atoms with E-state index < -0.39 is 0 Å². The highest BCUT2D eigenvalue weighted by Crippen LogP contribution is 2.17. The lowest BCUT2D eigenvalue weighted by atomic mass is 10.1. The molecule has 0 bridgehead atoms. The van der Waals surface area contributed by atoms with E-state index in [0.29, 0.717) is 5.88 Å². The van der Waals surface area contributed by atoms with E-state index >= 15 is 0 Å². The summed E-state index contributed by atoms with van der Waals surface area (Å²) < 4.78 is 0. The molecule has 3 heteroatoms. The normalized spacial score (nSPS) is 13.3. The van der Waals surface area contributed by atoms with Crippen LogP contribution in [0.25, 0.3) is 0 Å². The monoisotopic (exact) mass is 184 g/mol. The molecule has 0 amide bonds. The fourth-order valence-electron chi connectivity index (χ4n) is 1.11. The minimum absolute atomic E-state index is 0.287. The molecule has 1 heterocycles. The smallest absolute Gasteiger partial charge is 0.0478 e. The number of rotatable bonds is 3. The number of alkyl halides is 1. The van der Waals surface area contributed by atoms with Crippen molar-refractivity contribution in [2.75, 3.05) is 20.0 Å². The summed E-state index contributed by atoms with van der Waals surface area (Å²) in [6.45, 7) is 0. The largest absolute Gasteiger partial charge is 0.301 e. The van der Waals surface area contributed by atoms with Crippen LogP contribution in [0, 0.1) is 0 Å². The van der Waals surface area contributed by atoms with Gasteiger partial charge in [-0.1, -0.05) is 0 Å². The molecule has 0 aliphatic heterocycles. The lowest BCUT2D eigenvalue weighted by Gasteiger charge is -2.21. The van der Waals surface area contributed by atoms with Crippen molar-refractivity contribution >= 4 is 11.6 Å². The van der Waals surface area contributed by atoms with E-state index in [-0.39, 0.29) is 6.04 Å². The molecule has 0 radical (unpaired) electrons.